The third-order valence-corrected chi connectivity index (χ3v) is 2.95. The molecule has 2 rings (SSSR count). The zero-order chi connectivity index (χ0) is 13.7. The van der Waals surface area contributed by atoms with Gasteiger partial charge in [0.1, 0.15) is 0 Å². The molecule has 102 valence electrons. The van der Waals surface area contributed by atoms with E-state index in [1.807, 2.05) is 29.1 Å². The second kappa shape index (κ2) is 6.02. The molecule has 1 aromatic carbocycles. The van der Waals surface area contributed by atoms with Gasteiger partial charge in [-0.3, -0.25) is 0 Å². The molecule has 1 aromatic heterocycles. The Morgan fingerprint density at radius 1 is 1.16 bits per heavy atom. The molecule has 1 N–H and O–H groups in total. The maximum absolute atomic E-state index is 4.41. The highest BCUT2D eigenvalue weighted by Crippen LogP contribution is 2.09. The Labute approximate surface area is 115 Å². The van der Waals surface area contributed by atoms with Crippen molar-refractivity contribution in [1.29, 1.82) is 0 Å². The molecule has 0 radical (unpaired) electrons. The normalized spacial score (nSPS) is 11.7. The molecule has 0 spiro atoms. The number of hydrogen-bond donors (Lipinski definition) is 1. The summed E-state index contributed by atoms with van der Waals surface area (Å²) >= 11 is 0. The van der Waals surface area contributed by atoms with Crippen LogP contribution < -0.4 is 5.32 Å². The first-order valence-corrected chi connectivity index (χ1v) is 6.89. The number of para-hydroxylation sites is 1. The molecular weight excluding hydrogens is 234 g/mol. The summed E-state index contributed by atoms with van der Waals surface area (Å²) in [6, 6.07) is 10.2. The lowest BCUT2D eigenvalue weighted by molar-refractivity contribution is 0.422. The van der Waals surface area contributed by atoms with Gasteiger partial charge in [0.15, 0.2) is 0 Å². The van der Waals surface area contributed by atoms with Crippen molar-refractivity contribution < 1.29 is 0 Å². The molecule has 19 heavy (non-hydrogen) atoms. The highest BCUT2D eigenvalue weighted by Gasteiger charge is 2.07. The number of benzene rings is 1. The Morgan fingerprint density at radius 2 is 1.89 bits per heavy atom. The molecule has 0 bridgehead atoms. The first-order chi connectivity index (χ1) is 9.04. The van der Waals surface area contributed by atoms with E-state index in [0.29, 0.717) is 0 Å². The molecule has 2 aromatic rings. The number of hydrogen-bond acceptors (Lipinski definition) is 2. The standard InChI is InChI=1S/C16H23N3/c1-16(2,3)17-11-7-8-14-12-18-19(13-14)15-9-5-4-6-10-15/h4-6,9-10,12-13,17H,7-8,11H2,1-3H3. The van der Waals surface area contributed by atoms with E-state index < -0.39 is 0 Å². The van der Waals surface area contributed by atoms with E-state index >= 15 is 0 Å². The van der Waals surface area contributed by atoms with Gasteiger partial charge in [-0.1, -0.05) is 18.2 Å². The van der Waals surface area contributed by atoms with Crippen LogP contribution in [0.2, 0.25) is 0 Å². The number of nitrogens with one attached hydrogen (secondary N) is 1. The van der Waals surface area contributed by atoms with Crippen molar-refractivity contribution in [3.63, 3.8) is 0 Å². The van der Waals surface area contributed by atoms with Crippen molar-refractivity contribution in [2.45, 2.75) is 39.2 Å². The van der Waals surface area contributed by atoms with E-state index in [2.05, 4.69) is 49.5 Å². The van der Waals surface area contributed by atoms with Crippen LogP contribution in [0, 0.1) is 0 Å². The van der Waals surface area contributed by atoms with E-state index in [1.54, 1.807) is 0 Å². The Morgan fingerprint density at radius 3 is 2.58 bits per heavy atom. The molecule has 1 heterocycles. The molecule has 0 amide bonds. The van der Waals surface area contributed by atoms with Crippen molar-refractivity contribution in [2.75, 3.05) is 6.54 Å². The van der Waals surface area contributed by atoms with Crippen LogP contribution in [0.5, 0.6) is 0 Å². The second-order valence-corrected chi connectivity index (χ2v) is 5.91. The zero-order valence-electron chi connectivity index (χ0n) is 12.1. The van der Waals surface area contributed by atoms with Gasteiger partial charge in [-0.25, -0.2) is 4.68 Å². The van der Waals surface area contributed by atoms with Gasteiger partial charge in [0.25, 0.3) is 0 Å². The predicted octanol–water partition coefficient (Wildman–Crippen LogP) is 3.19. The third-order valence-electron chi connectivity index (χ3n) is 2.95. The molecule has 0 unspecified atom stereocenters. The molecular formula is C16H23N3. The topological polar surface area (TPSA) is 29.9 Å². The van der Waals surface area contributed by atoms with Crippen molar-refractivity contribution in [2.24, 2.45) is 0 Å². The summed E-state index contributed by atoms with van der Waals surface area (Å²) in [7, 11) is 0. The van der Waals surface area contributed by atoms with Crippen LogP contribution in [0.4, 0.5) is 0 Å². The summed E-state index contributed by atoms with van der Waals surface area (Å²) in [5.74, 6) is 0. The molecule has 0 aliphatic rings. The van der Waals surface area contributed by atoms with Crippen LogP contribution in [0.25, 0.3) is 5.69 Å². The van der Waals surface area contributed by atoms with Crippen molar-refractivity contribution in [3.8, 4) is 5.69 Å². The Bertz CT molecular complexity index is 494. The van der Waals surface area contributed by atoms with Gasteiger partial charge in [-0.2, -0.15) is 5.10 Å². The number of aryl methyl sites for hydroxylation is 1. The lowest BCUT2D eigenvalue weighted by atomic mass is 10.1. The molecule has 3 nitrogen and oxygen atoms in total. The van der Waals surface area contributed by atoms with E-state index in [-0.39, 0.29) is 5.54 Å². The molecule has 0 fully saturated rings. The minimum atomic E-state index is 0.203. The van der Waals surface area contributed by atoms with Gasteiger partial charge >= 0.3 is 0 Å². The maximum Gasteiger partial charge on any atom is 0.0645 e. The van der Waals surface area contributed by atoms with Crippen LogP contribution in [0.1, 0.15) is 32.8 Å². The first-order valence-electron chi connectivity index (χ1n) is 6.89. The Kier molecular flexibility index (Phi) is 4.38. The number of nitrogens with zero attached hydrogens (tertiary/aromatic N) is 2. The van der Waals surface area contributed by atoms with E-state index in [4.69, 9.17) is 0 Å². The summed E-state index contributed by atoms with van der Waals surface area (Å²) < 4.78 is 1.94. The van der Waals surface area contributed by atoms with Crippen LogP contribution in [-0.2, 0) is 6.42 Å². The van der Waals surface area contributed by atoms with Gasteiger partial charge < -0.3 is 5.32 Å². The Balaban J connectivity index is 1.85. The van der Waals surface area contributed by atoms with Gasteiger partial charge in [0, 0.05) is 11.7 Å². The monoisotopic (exact) mass is 257 g/mol. The highest BCUT2D eigenvalue weighted by molar-refractivity contribution is 5.30. The lowest BCUT2D eigenvalue weighted by Gasteiger charge is -2.20. The molecule has 3 heteroatoms. The third kappa shape index (κ3) is 4.52. The fraction of sp³-hybridized carbons (Fsp3) is 0.438. The SMILES string of the molecule is CC(C)(C)NCCCc1cnn(-c2ccccc2)c1. The molecule has 0 aliphatic carbocycles. The van der Waals surface area contributed by atoms with Gasteiger partial charge in [-0.15, -0.1) is 0 Å². The van der Waals surface area contributed by atoms with Crippen molar-refractivity contribution in [3.05, 3.63) is 48.3 Å². The van der Waals surface area contributed by atoms with Gasteiger partial charge in [0.05, 0.1) is 11.9 Å². The van der Waals surface area contributed by atoms with E-state index in [9.17, 15) is 0 Å². The van der Waals surface area contributed by atoms with Crippen LogP contribution >= 0.6 is 0 Å². The van der Waals surface area contributed by atoms with Crippen LogP contribution in [0.15, 0.2) is 42.7 Å². The quantitative estimate of drug-likeness (QED) is 0.834. The molecule has 0 saturated carbocycles. The average Bonchev–Trinajstić information content (AvgIpc) is 2.83. The summed E-state index contributed by atoms with van der Waals surface area (Å²) in [6.45, 7) is 7.63. The fourth-order valence-electron chi connectivity index (χ4n) is 1.97. The molecule has 0 aliphatic heterocycles. The summed E-state index contributed by atoms with van der Waals surface area (Å²) in [5, 5.41) is 7.91. The average molecular weight is 257 g/mol. The molecule has 0 saturated heterocycles. The van der Waals surface area contributed by atoms with Crippen molar-refractivity contribution in [1.82, 2.24) is 15.1 Å². The first kappa shape index (κ1) is 13.8. The highest BCUT2D eigenvalue weighted by atomic mass is 15.3. The maximum atomic E-state index is 4.41. The predicted molar refractivity (Wildman–Crippen MR) is 79.6 cm³/mol. The fourth-order valence-corrected chi connectivity index (χ4v) is 1.97. The van der Waals surface area contributed by atoms with Crippen molar-refractivity contribution >= 4 is 0 Å². The summed E-state index contributed by atoms with van der Waals surface area (Å²) in [5.41, 5.74) is 2.61. The minimum Gasteiger partial charge on any atom is -0.312 e. The minimum absolute atomic E-state index is 0.203. The number of aromatic nitrogens is 2. The largest absolute Gasteiger partial charge is 0.312 e. The van der Waals surface area contributed by atoms with Gasteiger partial charge in [0.2, 0.25) is 0 Å². The summed E-state index contributed by atoms with van der Waals surface area (Å²) in [6.07, 6.45) is 6.28. The van der Waals surface area contributed by atoms with Crippen LogP contribution in [-0.4, -0.2) is 21.9 Å². The lowest BCUT2D eigenvalue weighted by Crippen LogP contribution is -2.36. The number of rotatable bonds is 5. The van der Waals surface area contributed by atoms with E-state index in [0.717, 1.165) is 25.1 Å². The second-order valence-electron chi connectivity index (χ2n) is 5.91. The smallest absolute Gasteiger partial charge is 0.0645 e. The Hall–Kier alpha value is -1.61. The van der Waals surface area contributed by atoms with Gasteiger partial charge in [-0.05, 0) is 57.9 Å². The van der Waals surface area contributed by atoms with Crippen LogP contribution in [0.3, 0.4) is 0 Å². The van der Waals surface area contributed by atoms with E-state index in [1.165, 1.54) is 5.56 Å². The zero-order valence-corrected chi connectivity index (χ0v) is 12.1. The molecule has 0 atom stereocenters. The summed E-state index contributed by atoms with van der Waals surface area (Å²) in [4.78, 5) is 0.